The highest BCUT2D eigenvalue weighted by molar-refractivity contribution is 7.87. The first-order valence-electron chi connectivity index (χ1n) is 3.81. The van der Waals surface area contributed by atoms with Crippen LogP contribution in [0.25, 0.3) is 0 Å². The van der Waals surface area contributed by atoms with Crippen molar-refractivity contribution in [2.24, 2.45) is 5.92 Å². The van der Waals surface area contributed by atoms with Gasteiger partial charge in [-0.05, 0) is 6.92 Å². The zero-order valence-electron chi connectivity index (χ0n) is 7.39. The zero-order valence-corrected chi connectivity index (χ0v) is 8.21. The number of nitrogens with zero attached hydrogens (tertiary/aromatic N) is 1. The van der Waals surface area contributed by atoms with E-state index in [1.54, 1.807) is 6.92 Å². The van der Waals surface area contributed by atoms with Crippen LogP contribution in [0.2, 0.25) is 0 Å². The van der Waals surface area contributed by atoms with Crippen molar-refractivity contribution < 1.29 is 18.3 Å². The van der Waals surface area contributed by atoms with E-state index >= 15 is 0 Å². The maximum absolute atomic E-state index is 11.2. The van der Waals surface area contributed by atoms with Crippen molar-refractivity contribution in [1.29, 1.82) is 0 Å². The van der Waals surface area contributed by atoms with Crippen LogP contribution in [0.4, 0.5) is 0 Å². The highest BCUT2D eigenvalue weighted by Crippen LogP contribution is 2.15. The summed E-state index contributed by atoms with van der Waals surface area (Å²) >= 11 is 0. The predicted octanol–water partition coefficient (Wildman–Crippen LogP) is -1.14. The molecule has 1 saturated heterocycles. The summed E-state index contributed by atoms with van der Waals surface area (Å²) in [5.74, 6) is -1.67. The minimum Gasteiger partial charge on any atom is -0.481 e. The first kappa shape index (κ1) is 10.4. The van der Waals surface area contributed by atoms with Crippen molar-refractivity contribution in [3.63, 3.8) is 0 Å². The lowest BCUT2D eigenvalue weighted by molar-refractivity contribution is -0.142. The number of carboxylic acids is 1. The van der Waals surface area contributed by atoms with Gasteiger partial charge in [-0.3, -0.25) is 4.79 Å². The van der Waals surface area contributed by atoms with E-state index in [0.717, 1.165) is 4.31 Å². The molecule has 7 heteroatoms. The summed E-state index contributed by atoms with van der Waals surface area (Å²) in [4.78, 5) is 10.7. The maximum Gasteiger partial charge on any atom is 0.309 e. The number of hydrogen-bond acceptors (Lipinski definition) is 3. The van der Waals surface area contributed by atoms with Crippen LogP contribution in [0, 0.1) is 5.92 Å². The van der Waals surface area contributed by atoms with Crippen LogP contribution >= 0.6 is 0 Å². The monoisotopic (exact) mass is 208 g/mol. The molecular weight excluding hydrogens is 196 g/mol. The molecule has 0 aromatic rings. The van der Waals surface area contributed by atoms with E-state index in [4.69, 9.17) is 5.11 Å². The van der Waals surface area contributed by atoms with Gasteiger partial charge < -0.3 is 5.11 Å². The molecule has 0 spiro atoms. The van der Waals surface area contributed by atoms with Crippen LogP contribution < -0.4 is 4.72 Å². The number of hydrogen-bond donors (Lipinski definition) is 2. The van der Waals surface area contributed by atoms with Crippen molar-refractivity contribution in [3.8, 4) is 0 Å². The van der Waals surface area contributed by atoms with E-state index in [-0.39, 0.29) is 6.54 Å². The summed E-state index contributed by atoms with van der Waals surface area (Å²) < 4.78 is 25.6. The molecule has 0 radical (unpaired) electrons. The molecule has 0 aromatic carbocycles. The standard InChI is InChI=1S/C6H12N2O4S/c1-4-5(6(9)10)3-8(2)13(11,12)7-4/h4-5,7H,3H2,1-2H3,(H,9,10). The van der Waals surface area contributed by atoms with Crippen LogP contribution in [0.5, 0.6) is 0 Å². The molecule has 1 rings (SSSR count). The zero-order chi connectivity index (χ0) is 10.2. The minimum absolute atomic E-state index is 0.0197. The van der Waals surface area contributed by atoms with Crippen molar-refractivity contribution in [1.82, 2.24) is 9.03 Å². The lowest BCUT2D eigenvalue weighted by Gasteiger charge is -2.32. The summed E-state index contributed by atoms with van der Waals surface area (Å²) in [5.41, 5.74) is 0. The van der Waals surface area contributed by atoms with Crippen molar-refractivity contribution >= 4 is 16.2 Å². The summed E-state index contributed by atoms with van der Waals surface area (Å²) in [5, 5.41) is 8.74. The number of carboxylic acid groups (broad SMARTS) is 1. The third kappa shape index (κ3) is 1.98. The van der Waals surface area contributed by atoms with Gasteiger partial charge in [-0.25, -0.2) is 0 Å². The van der Waals surface area contributed by atoms with Crippen LogP contribution in [-0.2, 0) is 15.0 Å². The van der Waals surface area contributed by atoms with Crippen LogP contribution in [-0.4, -0.2) is 43.4 Å². The Bertz CT molecular complexity index is 313. The van der Waals surface area contributed by atoms with E-state index in [0.29, 0.717) is 0 Å². The lowest BCUT2D eigenvalue weighted by Crippen LogP contribution is -2.56. The van der Waals surface area contributed by atoms with Gasteiger partial charge in [0.25, 0.3) is 10.2 Å². The third-order valence-corrected chi connectivity index (χ3v) is 3.76. The van der Waals surface area contributed by atoms with Gasteiger partial charge in [0.2, 0.25) is 0 Å². The van der Waals surface area contributed by atoms with Crippen LogP contribution in [0.15, 0.2) is 0 Å². The molecule has 0 bridgehead atoms. The molecule has 2 N–H and O–H groups in total. The van der Waals surface area contributed by atoms with Crippen molar-refractivity contribution in [3.05, 3.63) is 0 Å². The number of nitrogens with one attached hydrogen (secondary N) is 1. The highest BCUT2D eigenvalue weighted by atomic mass is 32.2. The smallest absolute Gasteiger partial charge is 0.309 e. The Kier molecular flexibility index (Phi) is 2.60. The normalized spacial score (nSPS) is 34.3. The second-order valence-electron chi connectivity index (χ2n) is 3.14. The molecule has 0 amide bonds. The van der Waals surface area contributed by atoms with Crippen molar-refractivity contribution in [2.75, 3.05) is 13.6 Å². The topological polar surface area (TPSA) is 86.7 Å². The minimum atomic E-state index is -3.46. The van der Waals surface area contributed by atoms with Gasteiger partial charge in [0.05, 0.1) is 5.92 Å². The molecule has 1 fully saturated rings. The Morgan fingerprint density at radius 3 is 2.62 bits per heavy atom. The average Bonchev–Trinajstić information content (AvgIpc) is 1.95. The van der Waals surface area contributed by atoms with E-state index in [9.17, 15) is 13.2 Å². The number of aliphatic carboxylic acids is 1. The molecule has 2 unspecified atom stereocenters. The second kappa shape index (κ2) is 3.24. The van der Waals surface area contributed by atoms with Crippen LogP contribution in [0.1, 0.15) is 6.92 Å². The lowest BCUT2D eigenvalue weighted by atomic mass is 10.0. The fourth-order valence-electron chi connectivity index (χ4n) is 1.23. The Morgan fingerprint density at radius 1 is 1.62 bits per heavy atom. The molecule has 1 aliphatic heterocycles. The second-order valence-corrected chi connectivity index (χ2v) is 4.95. The highest BCUT2D eigenvalue weighted by Gasteiger charge is 2.37. The molecule has 0 saturated carbocycles. The summed E-state index contributed by atoms with van der Waals surface area (Å²) in [6.45, 7) is 1.56. The van der Waals surface area contributed by atoms with E-state index in [1.165, 1.54) is 7.05 Å². The molecule has 0 aromatic heterocycles. The van der Waals surface area contributed by atoms with Crippen LogP contribution in [0.3, 0.4) is 0 Å². The van der Waals surface area contributed by atoms with Crippen molar-refractivity contribution in [2.45, 2.75) is 13.0 Å². The van der Waals surface area contributed by atoms with Gasteiger partial charge in [0, 0.05) is 19.6 Å². The van der Waals surface area contributed by atoms with Gasteiger partial charge in [0.1, 0.15) is 0 Å². The molecule has 13 heavy (non-hydrogen) atoms. The van der Waals surface area contributed by atoms with Gasteiger partial charge in [-0.2, -0.15) is 17.4 Å². The SMILES string of the molecule is CC1NS(=O)(=O)N(C)CC1C(=O)O. The fraction of sp³-hybridized carbons (Fsp3) is 0.833. The van der Waals surface area contributed by atoms with Gasteiger partial charge in [-0.15, -0.1) is 0 Å². The Labute approximate surface area is 76.7 Å². The molecule has 76 valence electrons. The first-order chi connectivity index (χ1) is 5.84. The van der Waals surface area contributed by atoms with E-state index in [2.05, 4.69) is 4.72 Å². The summed E-state index contributed by atoms with van der Waals surface area (Å²) in [6.07, 6.45) is 0. The Hall–Kier alpha value is -0.660. The molecule has 6 nitrogen and oxygen atoms in total. The summed E-state index contributed by atoms with van der Waals surface area (Å²) in [7, 11) is -2.11. The Balaban J connectivity index is 2.85. The summed E-state index contributed by atoms with van der Waals surface area (Å²) in [6, 6.07) is -0.557. The number of rotatable bonds is 1. The van der Waals surface area contributed by atoms with E-state index < -0.39 is 28.1 Å². The molecular formula is C6H12N2O4S. The molecule has 2 atom stereocenters. The van der Waals surface area contributed by atoms with Gasteiger partial charge in [0.15, 0.2) is 0 Å². The first-order valence-corrected chi connectivity index (χ1v) is 5.25. The Morgan fingerprint density at radius 2 is 2.15 bits per heavy atom. The molecule has 1 heterocycles. The molecule has 0 aliphatic carbocycles. The third-order valence-electron chi connectivity index (χ3n) is 2.12. The maximum atomic E-state index is 11.2. The largest absolute Gasteiger partial charge is 0.481 e. The van der Waals surface area contributed by atoms with Gasteiger partial charge >= 0.3 is 5.97 Å². The average molecular weight is 208 g/mol. The van der Waals surface area contributed by atoms with Gasteiger partial charge in [-0.1, -0.05) is 0 Å². The predicted molar refractivity (Wildman–Crippen MR) is 45.3 cm³/mol. The van der Waals surface area contributed by atoms with E-state index in [1.807, 2.05) is 0 Å². The number of carbonyl (C=O) groups is 1. The quantitative estimate of drug-likeness (QED) is 0.570. The fourth-order valence-corrected chi connectivity index (χ4v) is 2.40. The molecule has 1 aliphatic rings.